The first kappa shape index (κ1) is 21.5. The lowest BCUT2D eigenvalue weighted by Gasteiger charge is -2.23. The zero-order valence-electron chi connectivity index (χ0n) is 17.1. The summed E-state index contributed by atoms with van der Waals surface area (Å²) in [6.45, 7) is 2.42. The van der Waals surface area contributed by atoms with Crippen molar-refractivity contribution in [1.82, 2.24) is 4.90 Å². The Morgan fingerprint density at radius 2 is 1.75 bits per heavy atom. The average Bonchev–Trinajstić information content (AvgIpc) is 3.16. The summed E-state index contributed by atoms with van der Waals surface area (Å²) in [6.07, 6.45) is -3.69. The molecular weight excluding hydrogens is 419 g/mol. The van der Waals surface area contributed by atoms with E-state index in [1.54, 1.807) is 17.0 Å². The zero-order valence-corrected chi connectivity index (χ0v) is 17.1. The predicted octanol–water partition coefficient (Wildman–Crippen LogP) is 5.19. The first-order valence-corrected chi connectivity index (χ1v) is 10.2. The Balaban J connectivity index is 1.45. The quantitative estimate of drug-likeness (QED) is 0.564. The molecule has 8 heteroatoms. The topological polar surface area (TPSA) is 60.5 Å². The molecule has 1 amide bonds. The molecule has 0 radical (unpaired) electrons. The Kier molecular flexibility index (Phi) is 5.91. The number of nitriles is 1. The fourth-order valence-corrected chi connectivity index (χ4v) is 3.74. The third-order valence-electron chi connectivity index (χ3n) is 5.44. The minimum absolute atomic E-state index is 0.101. The maximum atomic E-state index is 13.0. The first-order chi connectivity index (χ1) is 15.3. The number of nitrogens with zero attached hydrogens (tertiary/aromatic N) is 3. The molecule has 2 heterocycles. The van der Waals surface area contributed by atoms with Gasteiger partial charge in [-0.05, 0) is 55.0 Å². The van der Waals surface area contributed by atoms with Crippen LogP contribution in [0.15, 0.2) is 65.1 Å². The number of alkyl halides is 3. The number of halogens is 3. The van der Waals surface area contributed by atoms with Crippen molar-refractivity contribution in [2.45, 2.75) is 12.6 Å². The number of amides is 1. The van der Waals surface area contributed by atoms with E-state index < -0.39 is 11.7 Å². The largest absolute Gasteiger partial charge is 0.451 e. The van der Waals surface area contributed by atoms with Crippen molar-refractivity contribution in [2.24, 2.45) is 0 Å². The molecule has 0 unspecified atom stereocenters. The van der Waals surface area contributed by atoms with Gasteiger partial charge in [0, 0.05) is 37.4 Å². The van der Waals surface area contributed by atoms with E-state index in [0.717, 1.165) is 30.8 Å². The van der Waals surface area contributed by atoms with Gasteiger partial charge in [-0.2, -0.15) is 18.4 Å². The van der Waals surface area contributed by atoms with Crippen LogP contribution >= 0.6 is 0 Å². The maximum Gasteiger partial charge on any atom is 0.416 e. The minimum Gasteiger partial charge on any atom is -0.451 e. The summed E-state index contributed by atoms with van der Waals surface area (Å²) < 4.78 is 44.6. The summed E-state index contributed by atoms with van der Waals surface area (Å²) in [5.74, 6) is 0.0302. The predicted molar refractivity (Wildman–Crippen MR) is 113 cm³/mol. The van der Waals surface area contributed by atoms with E-state index in [1.807, 2.05) is 12.1 Å². The SMILES string of the molecule is N#Cc1ccc(N2CCCN(C(=O)c3ccc(-c4cccc(C(F)(F)F)c4)o3)CC2)cc1. The van der Waals surface area contributed by atoms with E-state index in [2.05, 4.69) is 11.0 Å². The molecule has 1 aliphatic heterocycles. The molecule has 1 aliphatic rings. The van der Waals surface area contributed by atoms with Crippen molar-refractivity contribution in [2.75, 3.05) is 31.1 Å². The Morgan fingerprint density at radius 3 is 2.47 bits per heavy atom. The van der Waals surface area contributed by atoms with E-state index in [-0.39, 0.29) is 23.0 Å². The van der Waals surface area contributed by atoms with Crippen molar-refractivity contribution in [3.63, 3.8) is 0 Å². The monoisotopic (exact) mass is 439 g/mol. The Morgan fingerprint density at radius 1 is 0.969 bits per heavy atom. The molecule has 5 nitrogen and oxygen atoms in total. The van der Waals surface area contributed by atoms with Gasteiger partial charge < -0.3 is 14.2 Å². The summed E-state index contributed by atoms with van der Waals surface area (Å²) in [5.41, 5.74) is 1.08. The standard InChI is InChI=1S/C24H20F3N3O2/c25-24(26,27)19-4-1-3-18(15-19)21-9-10-22(32-21)23(31)30-12-2-11-29(13-14-30)20-7-5-17(16-28)6-8-20/h1,3-10,15H,2,11-14H2. The lowest BCUT2D eigenvalue weighted by molar-refractivity contribution is -0.137. The van der Waals surface area contributed by atoms with Gasteiger partial charge in [0.15, 0.2) is 5.76 Å². The van der Waals surface area contributed by atoms with Crippen molar-refractivity contribution in [3.05, 3.63) is 77.6 Å². The number of anilines is 1. The van der Waals surface area contributed by atoms with Gasteiger partial charge in [-0.25, -0.2) is 0 Å². The van der Waals surface area contributed by atoms with Crippen molar-refractivity contribution < 1.29 is 22.4 Å². The van der Waals surface area contributed by atoms with Crippen LogP contribution in [-0.2, 0) is 6.18 Å². The molecule has 0 atom stereocenters. The third kappa shape index (κ3) is 4.62. The second-order valence-electron chi connectivity index (χ2n) is 7.53. The number of carbonyl (C=O) groups excluding carboxylic acids is 1. The molecule has 3 aromatic rings. The molecule has 0 aliphatic carbocycles. The van der Waals surface area contributed by atoms with Gasteiger partial charge in [0.05, 0.1) is 17.2 Å². The lowest BCUT2D eigenvalue weighted by Crippen LogP contribution is -2.35. The second-order valence-corrected chi connectivity index (χ2v) is 7.53. The number of carbonyl (C=O) groups is 1. The average molecular weight is 439 g/mol. The summed E-state index contributed by atoms with van der Waals surface area (Å²) in [7, 11) is 0. The van der Waals surface area contributed by atoms with Gasteiger partial charge in [-0.15, -0.1) is 0 Å². The highest BCUT2D eigenvalue weighted by Crippen LogP contribution is 2.33. The normalized spacial score (nSPS) is 14.7. The van der Waals surface area contributed by atoms with Gasteiger partial charge in [-0.1, -0.05) is 12.1 Å². The van der Waals surface area contributed by atoms with E-state index in [9.17, 15) is 18.0 Å². The number of furan rings is 1. The van der Waals surface area contributed by atoms with Crippen LogP contribution in [0, 0.1) is 11.3 Å². The molecule has 2 aromatic carbocycles. The number of rotatable bonds is 3. The Labute approximate surface area is 183 Å². The summed E-state index contributed by atoms with van der Waals surface area (Å²) in [4.78, 5) is 16.8. The molecule has 1 saturated heterocycles. The molecule has 0 bridgehead atoms. The van der Waals surface area contributed by atoms with E-state index in [0.29, 0.717) is 25.2 Å². The molecular formula is C24H20F3N3O2. The van der Waals surface area contributed by atoms with Crippen LogP contribution in [0.3, 0.4) is 0 Å². The highest BCUT2D eigenvalue weighted by molar-refractivity contribution is 5.92. The number of benzene rings is 2. The zero-order chi connectivity index (χ0) is 22.7. The van der Waals surface area contributed by atoms with Gasteiger partial charge in [0.1, 0.15) is 5.76 Å². The molecule has 0 spiro atoms. The van der Waals surface area contributed by atoms with Crippen LogP contribution in [0.4, 0.5) is 18.9 Å². The minimum atomic E-state index is -4.45. The fourth-order valence-electron chi connectivity index (χ4n) is 3.74. The molecule has 4 rings (SSSR count). The van der Waals surface area contributed by atoms with Gasteiger partial charge in [-0.3, -0.25) is 4.79 Å². The van der Waals surface area contributed by atoms with Crippen molar-refractivity contribution in [1.29, 1.82) is 5.26 Å². The van der Waals surface area contributed by atoms with Crippen LogP contribution in [0.5, 0.6) is 0 Å². The molecule has 1 fully saturated rings. The molecule has 1 aromatic heterocycles. The summed E-state index contributed by atoms with van der Waals surface area (Å²) in [6, 6.07) is 17.3. The third-order valence-corrected chi connectivity index (χ3v) is 5.44. The van der Waals surface area contributed by atoms with E-state index >= 15 is 0 Å². The summed E-state index contributed by atoms with van der Waals surface area (Å²) >= 11 is 0. The van der Waals surface area contributed by atoms with Crippen LogP contribution < -0.4 is 4.90 Å². The summed E-state index contributed by atoms with van der Waals surface area (Å²) in [5, 5.41) is 8.94. The van der Waals surface area contributed by atoms with Crippen LogP contribution in [0.1, 0.15) is 28.1 Å². The van der Waals surface area contributed by atoms with Crippen LogP contribution in [-0.4, -0.2) is 37.0 Å². The second kappa shape index (κ2) is 8.79. The fraction of sp³-hybridized carbons (Fsp3) is 0.250. The van der Waals surface area contributed by atoms with E-state index in [1.165, 1.54) is 24.3 Å². The van der Waals surface area contributed by atoms with Crippen LogP contribution in [0.25, 0.3) is 11.3 Å². The highest BCUT2D eigenvalue weighted by atomic mass is 19.4. The smallest absolute Gasteiger partial charge is 0.416 e. The maximum absolute atomic E-state index is 13.0. The van der Waals surface area contributed by atoms with Gasteiger partial charge in [0.2, 0.25) is 0 Å². The number of hydrogen-bond donors (Lipinski definition) is 0. The van der Waals surface area contributed by atoms with Gasteiger partial charge in [0.25, 0.3) is 5.91 Å². The first-order valence-electron chi connectivity index (χ1n) is 10.2. The van der Waals surface area contributed by atoms with Gasteiger partial charge >= 0.3 is 6.18 Å². The Hall–Kier alpha value is -3.73. The highest BCUT2D eigenvalue weighted by Gasteiger charge is 2.31. The number of hydrogen-bond acceptors (Lipinski definition) is 4. The lowest BCUT2D eigenvalue weighted by atomic mass is 10.1. The molecule has 0 saturated carbocycles. The van der Waals surface area contributed by atoms with Crippen molar-refractivity contribution >= 4 is 11.6 Å². The van der Waals surface area contributed by atoms with Crippen molar-refractivity contribution in [3.8, 4) is 17.4 Å². The molecule has 164 valence electrons. The molecule has 0 N–H and O–H groups in total. The Bertz CT molecular complexity index is 1150. The molecule has 32 heavy (non-hydrogen) atoms. The van der Waals surface area contributed by atoms with Crippen LogP contribution in [0.2, 0.25) is 0 Å². The van der Waals surface area contributed by atoms with E-state index in [4.69, 9.17) is 9.68 Å².